The predicted molar refractivity (Wildman–Crippen MR) is 107 cm³/mol. The molecule has 9 heteroatoms. The maximum atomic E-state index is 13.0. The zero-order valence-electron chi connectivity index (χ0n) is 16.8. The lowest BCUT2D eigenvalue weighted by molar-refractivity contribution is -0.137. The van der Waals surface area contributed by atoms with Gasteiger partial charge in [-0.25, -0.2) is 4.98 Å². The molecule has 4 rings (SSSR count). The number of hydrogen-bond acceptors (Lipinski definition) is 4. The van der Waals surface area contributed by atoms with Crippen LogP contribution >= 0.6 is 0 Å². The molecule has 2 aromatic rings. The largest absolute Gasteiger partial charge is 0.416 e. The number of piperazine rings is 1. The van der Waals surface area contributed by atoms with Crippen LogP contribution in [0.1, 0.15) is 18.4 Å². The number of carbonyl (C=O) groups is 1. The summed E-state index contributed by atoms with van der Waals surface area (Å²) in [5.74, 6) is 0.0975. The molecule has 0 unspecified atom stereocenters. The van der Waals surface area contributed by atoms with Gasteiger partial charge in [0.2, 0.25) is 5.91 Å². The molecule has 30 heavy (non-hydrogen) atoms. The van der Waals surface area contributed by atoms with Crippen molar-refractivity contribution in [1.82, 2.24) is 19.4 Å². The van der Waals surface area contributed by atoms with Crippen molar-refractivity contribution in [1.29, 1.82) is 0 Å². The van der Waals surface area contributed by atoms with Gasteiger partial charge in [-0.3, -0.25) is 9.69 Å². The first-order valence-corrected chi connectivity index (χ1v) is 10.3. The van der Waals surface area contributed by atoms with E-state index in [0.717, 1.165) is 38.5 Å². The summed E-state index contributed by atoms with van der Waals surface area (Å²) in [6.45, 7) is 4.71. The molecule has 6 nitrogen and oxygen atoms in total. The molecule has 0 radical (unpaired) electrons. The molecule has 162 valence electrons. The van der Waals surface area contributed by atoms with Gasteiger partial charge in [-0.1, -0.05) is 6.07 Å². The number of halogens is 3. The van der Waals surface area contributed by atoms with Gasteiger partial charge in [0, 0.05) is 63.4 Å². The van der Waals surface area contributed by atoms with E-state index in [1.165, 1.54) is 12.1 Å². The van der Waals surface area contributed by atoms with Crippen molar-refractivity contribution in [3.05, 3.63) is 48.5 Å². The smallest absolute Gasteiger partial charge is 0.369 e. The normalized spacial score (nSPS) is 21.1. The second-order valence-electron chi connectivity index (χ2n) is 7.94. The standard InChI is InChI=1S/C21H26F3N5O/c22-21(23,24)17-3-1-4-18(13-17)27-9-11-28(12-10-27)19-5-2-7-29(14-19)20(30)15-26-8-6-25-16-26/h1,3-4,6,8,13,16,19H,2,5,7,9-12,14-15H2/t19-/m1/s1. The molecule has 1 aromatic heterocycles. The first-order valence-electron chi connectivity index (χ1n) is 10.3. The van der Waals surface area contributed by atoms with E-state index in [1.807, 2.05) is 9.80 Å². The first kappa shape index (κ1) is 20.7. The highest BCUT2D eigenvalue weighted by Gasteiger charge is 2.32. The Labute approximate surface area is 173 Å². The maximum Gasteiger partial charge on any atom is 0.416 e. The molecule has 2 saturated heterocycles. The number of carbonyl (C=O) groups excluding carboxylic acids is 1. The number of aromatic nitrogens is 2. The van der Waals surface area contributed by atoms with Crippen LogP contribution in [-0.4, -0.2) is 70.6 Å². The molecule has 0 N–H and O–H groups in total. The molecule has 1 aromatic carbocycles. The van der Waals surface area contributed by atoms with E-state index in [2.05, 4.69) is 9.88 Å². The third-order valence-electron chi connectivity index (χ3n) is 6.00. The lowest BCUT2D eigenvalue weighted by atomic mass is 10.0. The molecule has 2 fully saturated rings. The quantitative estimate of drug-likeness (QED) is 0.762. The second kappa shape index (κ2) is 8.67. The third-order valence-corrected chi connectivity index (χ3v) is 6.00. The van der Waals surface area contributed by atoms with Crippen LogP contribution in [0.3, 0.4) is 0 Å². The molecule has 0 aliphatic carbocycles. The molecular weight excluding hydrogens is 395 g/mol. The second-order valence-corrected chi connectivity index (χ2v) is 7.94. The van der Waals surface area contributed by atoms with Crippen molar-refractivity contribution < 1.29 is 18.0 Å². The zero-order valence-corrected chi connectivity index (χ0v) is 16.8. The van der Waals surface area contributed by atoms with Crippen molar-refractivity contribution in [3.8, 4) is 0 Å². The Morgan fingerprint density at radius 2 is 1.93 bits per heavy atom. The number of piperidine rings is 1. The zero-order chi connectivity index (χ0) is 21.1. The van der Waals surface area contributed by atoms with Crippen LogP contribution in [0.2, 0.25) is 0 Å². The van der Waals surface area contributed by atoms with Gasteiger partial charge in [0.15, 0.2) is 0 Å². The summed E-state index contributed by atoms with van der Waals surface area (Å²) in [5.41, 5.74) is 0.00649. The Bertz CT molecular complexity index is 847. The summed E-state index contributed by atoms with van der Waals surface area (Å²) in [6, 6.07) is 5.84. The summed E-state index contributed by atoms with van der Waals surface area (Å²) >= 11 is 0. The minimum absolute atomic E-state index is 0.0975. The number of likely N-dealkylation sites (tertiary alicyclic amines) is 1. The number of nitrogens with zero attached hydrogens (tertiary/aromatic N) is 5. The van der Waals surface area contributed by atoms with E-state index in [1.54, 1.807) is 29.4 Å². The number of imidazole rings is 1. The summed E-state index contributed by atoms with van der Waals surface area (Å²) < 4.78 is 40.8. The van der Waals surface area contributed by atoms with E-state index in [0.29, 0.717) is 37.9 Å². The number of alkyl halides is 3. The van der Waals surface area contributed by atoms with Gasteiger partial charge in [0.1, 0.15) is 6.54 Å². The van der Waals surface area contributed by atoms with Crippen LogP contribution in [0.15, 0.2) is 43.0 Å². The SMILES string of the molecule is O=C(Cn1ccnc1)N1CCC[C@@H](N2CCN(c3cccc(C(F)(F)F)c3)CC2)C1. The molecular formula is C21H26F3N5O. The van der Waals surface area contributed by atoms with Gasteiger partial charge in [-0.05, 0) is 31.0 Å². The van der Waals surface area contributed by atoms with E-state index in [-0.39, 0.29) is 5.91 Å². The monoisotopic (exact) mass is 421 g/mol. The molecule has 0 bridgehead atoms. The number of amides is 1. The van der Waals surface area contributed by atoms with Gasteiger partial charge >= 0.3 is 6.18 Å². The minimum atomic E-state index is -4.33. The fourth-order valence-corrected chi connectivity index (χ4v) is 4.34. The Balaban J connectivity index is 1.32. The summed E-state index contributed by atoms with van der Waals surface area (Å²) in [5, 5.41) is 0. The van der Waals surface area contributed by atoms with Crippen LogP contribution in [0.4, 0.5) is 18.9 Å². The fourth-order valence-electron chi connectivity index (χ4n) is 4.34. The average molecular weight is 421 g/mol. The molecule has 1 amide bonds. The van der Waals surface area contributed by atoms with Crippen molar-refractivity contribution in [3.63, 3.8) is 0 Å². The van der Waals surface area contributed by atoms with E-state index < -0.39 is 11.7 Å². The topological polar surface area (TPSA) is 44.6 Å². The lowest BCUT2D eigenvalue weighted by Crippen LogP contribution is -2.56. The number of hydrogen-bond donors (Lipinski definition) is 0. The molecule has 3 heterocycles. The highest BCUT2D eigenvalue weighted by molar-refractivity contribution is 5.76. The number of benzene rings is 1. The molecule has 2 aliphatic heterocycles. The fraction of sp³-hybridized carbons (Fsp3) is 0.524. The molecule has 1 atom stereocenters. The van der Waals surface area contributed by atoms with Gasteiger partial charge in [0.25, 0.3) is 0 Å². The molecule has 0 saturated carbocycles. The van der Waals surface area contributed by atoms with Crippen molar-refractivity contribution >= 4 is 11.6 Å². The Morgan fingerprint density at radius 1 is 1.13 bits per heavy atom. The Morgan fingerprint density at radius 3 is 2.63 bits per heavy atom. The van der Waals surface area contributed by atoms with Crippen LogP contribution in [0.25, 0.3) is 0 Å². The molecule has 0 spiro atoms. The minimum Gasteiger partial charge on any atom is -0.369 e. The van der Waals surface area contributed by atoms with Crippen LogP contribution in [0, 0.1) is 0 Å². The van der Waals surface area contributed by atoms with Gasteiger partial charge in [-0.2, -0.15) is 13.2 Å². The van der Waals surface area contributed by atoms with Crippen LogP contribution in [-0.2, 0) is 17.5 Å². The van der Waals surface area contributed by atoms with Gasteiger partial charge in [0.05, 0.1) is 11.9 Å². The van der Waals surface area contributed by atoms with E-state index in [9.17, 15) is 18.0 Å². The van der Waals surface area contributed by atoms with Crippen LogP contribution < -0.4 is 4.90 Å². The van der Waals surface area contributed by atoms with Crippen molar-refractivity contribution in [2.45, 2.75) is 31.6 Å². The third kappa shape index (κ3) is 4.77. The van der Waals surface area contributed by atoms with Crippen LogP contribution in [0.5, 0.6) is 0 Å². The first-order chi connectivity index (χ1) is 14.4. The number of rotatable bonds is 4. The predicted octanol–water partition coefficient (Wildman–Crippen LogP) is 2.72. The lowest BCUT2D eigenvalue weighted by Gasteiger charge is -2.44. The van der Waals surface area contributed by atoms with Gasteiger partial charge in [-0.15, -0.1) is 0 Å². The highest BCUT2D eigenvalue weighted by Crippen LogP contribution is 2.32. The highest BCUT2D eigenvalue weighted by atomic mass is 19.4. The summed E-state index contributed by atoms with van der Waals surface area (Å²) in [7, 11) is 0. The van der Waals surface area contributed by atoms with E-state index >= 15 is 0 Å². The van der Waals surface area contributed by atoms with Gasteiger partial charge < -0.3 is 14.4 Å². The molecule has 2 aliphatic rings. The van der Waals surface area contributed by atoms with Crippen molar-refractivity contribution in [2.75, 3.05) is 44.2 Å². The maximum absolute atomic E-state index is 13.0. The number of anilines is 1. The van der Waals surface area contributed by atoms with E-state index in [4.69, 9.17) is 0 Å². The summed E-state index contributed by atoms with van der Waals surface area (Å²) in [6.07, 6.45) is 2.77. The Hall–Kier alpha value is -2.55. The Kier molecular flexibility index (Phi) is 5.99. The average Bonchev–Trinajstić information content (AvgIpc) is 3.26. The summed E-state index contributed by atoms with van der Waals surface area (Å²) in [4.78, 5) is 22.9. The van der Waals surface area contributed by atoms with Crippen molar-refractivity contribution in [2.24, 2.45) is 0 Å².